The van der Waals surface area contributed by atoms with Crippen molar-refractivity contribution in [2.24, 2.45) is 0 Å². The van der Waals surface area contributed by atoms with E-state index in [2.05, 4.69) is 0 Å². The van der Waals surface area contributed by atoms with Gasteiger partial charge in [-0.25, -0.2) is 9.18 Å². The second-order valence-corrected chi connectivity index (χ2v) is 6.27. The molecule has 1 saturated carbocycles. The molecule has 4 rings (SSSR count). The first kappa shape index (κ1) is 15.5. The third kappa shape index (κ3) is 2.25. The van der Waals surface area contributed by atoms with Crippen molar-refractivity contribution >= 4 is 17.8 Å². The first-order valence-electron chi connectivity index (χ1n) is 7.99. The molecule has 25 heavy (non-hydrogen) atoms. The minimum Gasteiger partial charge on any atom is -0.329 e. The largest absolute Gasteiger partial charge is 0.343 e. The standard InChI is InChI=1S/C19H14FNO4/c20-13-8-6-12(7-9-13)19(10-3-11-19)18(24)25-21-16(22)14-4-1-2-5-15(14)17(21)23/h1-2,4-9H,3,10-11H2. The van der Waals surface area contributed by atoms with Gasteiger partial charge in [-0.2, -0.15) is 0 Å². The third-order valence-corrected chi connectivity index (χ3v) is 4.93. The van der Waals surface area contributed by atoms with E-state index < -0.39 is 29.0 Å². The number of nitrogens with zero attached hydrogens (tertiary/aromatic N) is 1. The van der Waals surface area contributed by atoms with Gasteiger partial charge in [0.1, 0.15) is 5.82 Å². The SMILES string of the molecule is O=C1c2ccccc2C(=O)N1OC(=O)C1(c2ccc(F)cc2)CCC1. The van der Waals surface area contributed by atoms with Crippen LogP contribution in [0.25, 0.3) is 0 Å². The molecule has 2 amide bonds. The number of hydrogen-bond acceptors (Lipinski definition) is 4. The molecule has 0 N–H and O–H groups in total. The smallest absolute Gasteiger partial charge is 0.329 e. The molecule has 0 atom stereocenters. The quantitative estimate of drug-likeness (QED) is 0.807. The highest BCUT2D eigenvalue weighted by Gasteiger charge is 2.50. The summed E-state index contributed by atoms with van der Waals surface area (Å²) in [5, 5.41) is 0.524. The molecule has 1 aliphatic heterocycles. The number of fused-ring (bicyclic) bond motifs is 1. The van der Waals surface area contributed by atoms with E-state index in [0.717, 1.165) is 6.42 Å². The molecular weight excluding hydrogens is 325 g/mol. The van der Waals surface area contributed by atoms with E-state index in [1.54, 1.807) is 12.1 Å². The zero-order valence-electron chi connectivity index (χ0n) is 13.2. The van der Waals surface area contributed by atoms with Crippen molar-refractivity contribution in [3.05, 3.63) is 71.0 Å². The molecule has 1 heterocycles. The monoisotopic (exact) mass is 339 g/mol. The number of rotatable bonds is 3. The third-order valence-electron chi connectivity index (χ3n) is 4.93. The van der Waals surface area contributed by atoms with Gasteiger partial charge in [0, 0.05) is 0 Å². The van der Waals surface area contributed by atoms with Crippen LogP contribution in [0, 0.1) is 5.82 Å². The summed E-state index contributed by atoms with van der Waals surface area (Å²) in [6.07, 6.45) is 1.87. The number of benzene rings is 2. The number of amides is 2. The Hall–Kier alpha value is -3.02. The van der Waals surface area contributed by atoms with Crippen LogP contribution in [-0.4, -0.2) is 22.8 Å². The molecule has 2 aromatic rings. The molecule has 0 saturated heterocycles. The van der Waals surface area contributed by atoms with E-state index in [4.69, 9.17) is 4.84 Å². The molecule has 5 nitrogen and oxygen atoms in total. The number of hydrogen-bond donors (Lipinski definition) is 0. The molecule has 1 aliphatic carbocycles. The first-order valence-corrected chi connectivity index (χ1v) is 7.99. The van der Waals surface area contributed by atoms with E-state index in [1.165, 1.54) is 36.4 Å². The van der Waals surface area contributed by atoms with E-state index >= 15 is 0 Å². The maximum atomic E-state index is 13.2. The summed E-state index contributed by atoms with van der Waals surface area (Å²) in [5.74, 6) is -2.36. The highest BCUT2D eigenvalue weighted by atomic mass is 19.1. The van der Waals surface area contributed by atoms with Crippen molar-refractivity contribution in [1.29, 1.82) is 0 Å². The van der Waals surface area contributed by atoms with Gasteiger partial charge in [-0.05, 0) is 42.7 Å². The first-order chi connectivity index (χ1) is 12.0. The Morgan fingerprint density at radius 2 is 1.52 bits per heavy atom. The lowest BCUT2D eigenvalue weighted by molar-refractivity contribution is -0.179. The molecule has 0 unspecified atom stereocenters. The lowest BCUT2D eigenvalue weighted by Gasteiger charge is -2.39. The summed E-state index contributed by atoms with van der Waals surface area (Å²) in [6, 6.07) is 12.0. The fourth-order valence-electron chi connectivity index (χ4n) is 3.33. The number of halogens is 1. The van der Waals surface area contributed by atoms with Crippen molar-refractivity contribution in [3.63, 3.8) is 0 Å². The maximum absolute atomic E-state index is 13.2. The van der Waals surface area contributed by atoms with E-state index in [0.29, 0.717) is 23.5 Å². The number of imide groups is 1. The maximum Gasteiger partial charge on any atom is 0.343 e. The lowest BCUT2D eigenvalue weighted by Crippen LogP contribution is -2.47. The van der Waals surface area contributed by atoms with Gasteiger partial charge in [-0.1, -0.05) is 35.7 Å². The summed E-state index contributed by atoms with van der Waals surface area (Å²) < 4.78 is 13.2. The van der Waals surface area contributed by atoms with Crippen molar-refractivity contribution in [1.82, 2.24) is 5.06 Å². The van der Waals surface area contributed by atoms with Gasteiger partial charge in [0.15, 0.2) is 0 Å². The summed E-state index contributed by atoms with van der Waals surface area (Å²) in [5.41, 5.74) is 0.111. The molecule has 0 aromatic heterocycles. The van der Waals surface area contributed by atoms with Crippen LogP contribution in [0.4, 0.5) is 4.39 Å². The average molecular weight is 339 g/mol. The minimum atomic E-state index is -0.941. The molecule has 126 valence electrons. The molecule has 0 radical (unpaired) electrons. The highest BCUT2D eigenvalue weighted by molar-refractivity contribution is 6.21. The number of carbonyl (C=O) groups is 3. The van der Waals surface area contributed by atoms with Gasteiger partial charge < -0.3 is 4.84 Å². The summed E-state index contributed by atoms with van der Waals surface area (Å²) >= 11 is 0. The van der Waals surface area contributed by atoms with E-state index in [-0.39, 0.29) is 11.1 Å². The summed E-state index contributed by atoms with van der Waals surface area (Å²) in [7, 11) is 0. The van der Waals surface area contributed by atoms with Gasteiger partial charge >= 0.3 is 5.97 Å². The van der Waals surface area contributed by atoms with Crippen molar-refractivity contribution in [2.45, 2.75) is 24.7 Å². The Labute approximate surface area is 143 Å². The number of carbonyl (C=O) groups excluding carboxylic acids is 3. The molecule has 2 aliphatic rings. The van der Waals surface area contributed by atoms with Crippen LogP contribution < -0.4 is 0 Å². The molecule has 6 heteroatoms. The van der Waals surface area contributed by atoms with Crippen molar-refractivity contribution < 1.29 is 23.6 Å². The topological polar surface area (TPSA) is 63.7 Å². The van der Waals surface area contributed by atoms with Crippen molar-refractivity contribution in [2.75, 3.05) is 0 Å². The molecule has 2 aromatic carbocycles. The Morgan fingerprint density at radius 1 is 0.960 bits per heavy atom. The van der Waals surface area contributed by atoms with E-state index in [1.807, 2.05) is 0 Å². The van der Waals surface area contributed by atoms with Gasteiger partial charge in [-0.3, -0.25) is 9.59 Å². The van der Waals surface area contributed by atoms with Crippen molar-refractivity contribution in [3.8, 4) is 0 Å². The summed E-state index contributed by atoms with van der Waals surface area (Å²) in [6.45, 7) is 0. The molecule has 0 spiro atoms. The van der Waals surface area contributed by atoms with Crippen LogP contribution in [-0.2, 0) is 15.0 Å². The van der Waals surface area contributed by atoms with Crippen LogP contribution in [0.15, 0.2) is 48.5 Å². The fourth-order valence-corrected chi connectivity index (χ4v) is 3.33. The van der Waals surface area contributed by atoms with Gasteiger partial charge in [0.2, 0.25) is 0 Å². The predicted molar refractivity (Wildman–Crippen MR) is 85.0 cm³/mol. The Bertz CT molecular complexity index is 852. The van der Waals surface area contributed by atoms with Gasteiger partial charge in [-0.15, -0.1) is 0 Å². The van der Waals surface area contributed by atoms with Crippen LogP contribution in [0.3, 0.4) is 0 Å². The number of hydroxylamine groups is 2. The Kier molecular flexibility index (Phi) is 3.42. The molecule has 0 bridgehead atoms. The second kappa shape index (κ2) is 5.51. The molecule has 1 fully saturated rings. The average Bonchev–Trinajstić information content (AvgIpc) is 2.81. The van der Waals surface area contributed by atoms with Crippen LogP contribution >= 0.6 is 0 Å². The van der Waals surface area contributed by atoms with Crippen LogP contribution in [0.1, 0.15) is 45.5 Å². The van der Waals surface area contributed by atoms with Gasteiger partial charge in [0.05, 0.1) is 16.5 Å². The van der Waals surface area contributed by atoms with Gasteiger partial charge in [0.25, 0.3) is 11.8 Å². The zero-order chi connectivity index (χ0) is 17.6. The Balaban J connectivity index is 1.61. The lowest BCUT2D eigenvalue weighted by atomic mass is 9.64. The van der Waals surface area contributed by atoms with Crippen LogP contribution in [0.5, 0.6) is 0 Å². The summed E-state index contributed by atoms with van der Waals surface area (Å²) in [4.78, 5) is 42.7. The molecular formula is C19H14FNO4. The predicted octanol–water partition coefficient (Wildman–Crippen LogP) is 3.00. The zero-order valence-corrected chi connectivity index (χ0v) is 13.2. The van der Waals surface area contributed by atoms with E-state index in [9.17, 15) is 18.8 Å². The fraction of sp³-hybridized carbons (Fsp3) is 0.211. The minimum absolute atomic E-state index is 0.213. The van der Waals surface area contributed by atoms with Crippen LogP contribution in [0.2, 0.25) is 0 Å². The Morgan fingerprint density at radius 3 is 2.00 bits per heavy atom. The highest BCUT2D eigenvalue weighted by Crippen LogP contribution is 2.45. The second-order valence-electron chi connectivity index (χ2n) is 6.27. The normalized spacial score (nSPS) is 17.9.